The van der Waals surface area contributed by atoms with E-state index in [4.69, 9.17) is 4.74 Å². The Balaban J connectivity index is 2.09. The molecule has 0 aromatic heterocycles. The van der Waals surface area contributed by atoms with Crippen LogP contribution in [0, 0.1) is 11.7 Å². The molecule has 2 rings (SSSR count). The van der Waals surface area contributed by atoms with Gasteiger partial charge in [-0.3, -0.25) is 0 Å². The van der Waals surface area contributed by atoms with Gasteiger partial charge >= 0.3 is 6.18 Å². The fraction of sp³-hybridized carbons (Fsp3) is 0.500. The quantitative estimate of drug-likeness (QED) is 0.718. The van der Waals surface area contributed by atoms with Crippen molar-refractivity contribution in [2.24, 2.45) is 5.92 Å². The zero-order valence-corrected chi connectivity index (χ0v) is 9.22. The van der Waals surface area contributed by atoms with Crippen molar-refractivity contribution in [3.8, 4) is 5.75 Å². The molecular weight excluding hydrogens is 236 g/mol. The Labute approximate surface area is 96.4 Å². The molecule has 0 amide bonds. The molecule has 0 radical (unpaired) electrons. The molecule has 0 bridgehead atoms. The third-order valence-corrected chi connectivity index (χ3v) is 2.88. The zero-order chi connectivity index (χ0) is 12.6. The molecule has 0 unspecified atom stereocenters. The summed E-state index contributed by atoms with van der Waals surface area (Å²) < 4.78 is 55.5. The van der Waals surface area contributed by atoms with Crippen LogP contribution in [0.25, 0.3) is 0 Å². The minimum atomic E-state index is -4.52. The van der Waals surface area contributed by atoms with Crippen LogP contribution in [0.15, 0.2) is 18.2 Å². The van der Waals surface area contributed by atoms with Gasteiger partial charge in [-0.05, 0) is 37.0 Å². The molecule has 17 heavy (non-hydrogen) atoms. The first kappa shape index (κ1) is 12.2. The van der Waals surface area contributed by atoms with Gasteiger partial charge < -0.3 is 4.74 Å². The number of alkyl halides is 3. The molecule has 0 aliphatic heterocycles. The maximum atomic E-state index is 13.4. The summed E-state index contributed by atoms with van der Waals surface area (Å²) in [7, 11) is 0. The monoisotopic (exact) mass is 248 g/mol. The van der Waals surface area contributed by atoms with E-state index in [1.807, 2.05) is 6.92 Å². The molecule has 1 aromatic rings. The second-order valence-electron chi connectivity index (χ2n) is 4.46. The molecule has 94 valence electrons. The summed E-state index contributed by atoms with van der Waals surface area (Å²) in [5.41, 5.74) is -0.996. The van der Waals surface area contributed by atoms with E-state index >= 15 is 0 Å². The summed E-state index contributed by atoms with van der Waals surface area (Å²) in [6, 6.07) is 2.35. The van der Waals surface area contributed by atoms with E-state index in [1.54, 1.807) is 0 Å². The molecule has 1 aromatic carbocycles. The lowest BCUT2D eigenvalue weighted by molar-refractivity contribution is -0.137. The van der Waals surface area contributed by atoms with E-state index in [-0.39, 0.29) is 11.9 Å². The highest BCUT2D eigenvalue weighted by molar-refractivity contribution is 5.31. The number of hydrogen-bond donors (Lipinski definition) is 0. The number of benzene rings is 1. The van der Waals surface area contributed by atoms with Crippen LogP contribution in [0.4, 0.5) is 17.6 Å². The van der Waals surface area contributed by atoms with Gasteiger partial charge in [0.05, 0.1) is 11.7 Å². The molecule has 1 fully saturated rings. The predicted octanol–water partition coefficient (Wildman–Crippen LogP) is 4.02. The molecule has 5 heteroatoms. The molecule has 0 atom stereocenters. The van der Waals surface area contributed by atoms with Crippen molar-refractivity contribution in [2.75, 3.05) is 0 Å². The summed E-state index contributed by atoms with van der Waals surface area (Å²) in [6.45, 7) is 2.04. The fourth-order valence-corrected chi connectivity index (χ4v) is 1.88. The minimum absolute atomic E-state index is 0.0729. The smallest absolute Gasteiger partial charge is 0.416 e. The van der Waals surface area contributed by atoms with Crippen LogP contribution in [-0.2, 0) is 6.18 Å². The van der Waals surface area contributed by atoms with Crippen LogP contribution < -0.4 is 4.74 Å². The highest BCUT2D eigenvalue weighted by atomic mass is 19.4. The van der Waals surface area contributed by atoms with Crippen molar-refractivity contribution in [1.82, 2.24) is 0 Å². The van der Waals surface area contributed by atoms with E-state index in [1.165, 1.54) is 0 Å². The van der Waals surface area contributed by atoms with Gasteiger partial charge in [-0.1, -0.05) is 6.92 Å². The zero-order valence-electron chi connectivity index (χ0n) is 9.22. The van der Waals surface area contributed by atoms with Gasteiger partial charge in [0.1, 0.15) is 0 Å². The molecule has 1 aliphatic rings. The van der Waals surface area contributed by atoms with Crippen LogP contribution >= 0.6 is 0 Å². The van der Waals surface area contributed by atoms with E-state index in [2.05, 4.69) is 0 Å². The number of rotatable bonds is 2. The van der Waals surface area contributed by atoms with E-state index in [9.17, 15) is 17.6 Å². The Morgan fingerprint density at radius 1 is 1.24 bits per heavy atom. The number of halogens is 4. The van der Waals surface area contributed by atoms with Crippen molar-refractivity contribution in [3.05, 3.63) is 29.6 Å². The third-order valence-electron chi connectivity index (χ3n) is 2.88. The van der Waals surface area contributed by atoms with Gasteiger partial charge in [0.15, 0.2) is 11.6 Å². The van der Waals surface area contributed by atoms with Crippen molar-refractivity contribution in [2.45, 2.75) is 32.0 Å². The Morgan fingerprint density at radius 2 is 1.88 bits per heavy atom. The van der Waals surface area contributed by atoms with Gasteiger partial charge in [0, 0.05) is 0 Å². The van der Waals surface area contributed by atoms with Gasteiger partial charge in [0.2, 0.25) is 0 Å². The van der Waals surface area contributed by atoms with E-state index < -0.39 is 17.6 Å². The van der Waals surface area contributed by atoms with Gasteiger partial charge in [0.25, 0.3) is 0 Å². The Hall–Kier alpha value is -1.26. The third kappa shape index (κ3) is 2.70. The standard InChI is InChI=1S/C12H12F4O/c1-7-4-9(5-7)17-11-3-2-8(6-10(11)13)12(14,15)16/h2-3,6-7,9H,4-5H2,1H3. The van der Waals surface area contributed by atoms with Crippen LogP contribution in [0.5, 0.6) is 5.75 Å². The molecule has 0 N–H and O–H groups in total. The average Bonchev–Trinajstić information content (AvgIpc) is 2.16. The van der Waals surface area contributed by atoms with Crippen molar-refractivity contribution in [3.63, 3.8) is 0 Å². The molecule has 0 spiro atoms. The fourth-order valence-electron chi connectivity index (χ4n) is 1.88. The lowest BCUT2D eigenvalue weighted by Crippen LogP contribution is -2.32. The summed E-state index contributed by atoms with van der Waals surface area (Å²) in [6.07, 6.45) is -2.96. The van der Waals surface area contributed by atoms with Crippen molar-refractivity contribution >= 4 is 0 Å². The molecule has 1 saturated carbocycles. The summed E-state index contributed by atoms with van der Waals surface area (Å²) in [5.74, 6) is -0.521. The van der Waals surface area contributed by atoms with Crippen LogP contribution in [0.3, 0.4) is 0 Å². The molecule has 0 heterocycles. The summed E-state index contributed by atoms with van der Waals surface area (Å²) >= 11 is 0. The normalized spacial score (nSPS) is 24.3. The Bertz CT molecular complexity index is 407. The Morgan fingerprint density at radius 3 is 2.35 bits per heavy atom. The van der Waals surface area contributed by atoms with Crippen LogP contribution in [-0.4, -0.2) is 6.10 Å². The van der Waals surface area contributed by atoms with E-state index in [0.29, 0.717) is 12.0 Å². The van der Waals surface area contributed by atoms with Crippen molar-refractivity contribution < 1.29 is 22.3 Å². The maximum absolute atomic E-state index is 13.4. The average molecular weight is 248 g/mol. The first-order valence-corrected chi connectivity index (χ1v) is 5.39. The largest absolute Gasteiger partial charge is 0.487 e. The predicted molar refractivity (Wildman–Crippen MR) is 54.2 cm³/mol. The van der Waals surface area contributed by atoms with Gasteiger partial charge in [-0.25, -0.2) is 4.39 Å². The Kier molecular flexibility index (Phi) is 3.02. The summed E-state index contributed by atoms with van der Waals surface area (Å²) in [4.78, 5) is 0. The molecule has 1 nitrogen and oxygen atoms in total. The van der Waals surface area contributed by atoms with Gasteiger partial charge in [-0.15, -0.1) is 0 Å². The molecule has 1 aliphatic carbocycles. The lowest BCUT2D eigenvalue weighted by Gasteiger charge is -2.32. The van der Waals surface area contributed by atoms with Crippen molar-refractivity contribution in [1.29, 1.82) is 0 Å². The number of hydrogen-bond acceptors (Lipinski definition) is 1. The second kappa shape index (κ2) is 4.20. The highest BCUT2D eigenvalue weighted by Crippen LogP contribution is 2.35. The number of ether oxygens (including phenoxy) is 1. The topological polar surface area (TPSA) is 9.23 Å². The molecule has 0 saturated heterocycles. The minimum Gasteiger partial charge on any atom is -0.487 e. The van der Waals surface area contributed by atoms with Crippen LogP contribution in [0.2, 0.25) is 0 Å². The lowest BCUT2D eigenvalue weighted by atomic mass is 9.84. The van der Waals surface area contributed by atoms with Gasteiger partial charge in [-0.2, -0.15) is 13.2 Å². The first-order chi connectivity index (χ1) is 7.86. The SMILES string of the molecule is CC1CC(Oc2ccc(C(F)(F)F)cc2F)C1. The molecular formula is C12H12F4O. The van der Waals surface area contributed by atoms with Crippen LogP contribution in [0.1, 0.15) is 25.3 Å². The van der Waals surface area contributed by atoms with E-state index in [0.717, 1.165) is 25.0 Å². The summed E-state index contributed by atoms with van der Waals surface area (Å²) in [5, 5.41) is 0. The first-order valence-electron chi connectivity index (χ1n) is 5.39. The second-order valence-corrected chi connectivity index (χ2v) is 4.46. The maximum Gasteiger partial charge on any atom is 0.416 e. The highest BCUT2D eigenvalue weighted by Gasteiger charge is 2.32.